The van der Waals surface area contributed by atoms with E-state index in [0.29, 0.717) is 0 Å². The van der Waals surface area contributed by atoms with Crippen LogP contribution in [0.25, 0.3) is 9.75 Å². The first-order valence-corrected chi connectivity index (χ1v) is 33.6. The van der Waals surface area contributed by atoms with Gasteiger partial charge in [-0.3, -0.25) is 0 Å². The second-order valence-corrected chi connectivity index (χ2v) is 37.7. The molecule has 0 bridgehead atoms. The molecule has 6 heteroatoms. The van der Waals surface area contributed by atoms with Gasteiger partial charge in [-0.25, -0.2) is 0 Å². The van der Waals surface area contributed by atoms with E-state index >= 15 is 0 Å². The molecule has 0 aliphatic heterocycles. The van der Waals surface area contributed by atoms with E-state index in [9.17, 15) is 0 Å². The van der Waals surface area contributed by atoms with Gasteiger partial charge in [0.1, 0.15) is 0 Å². The average Bonchev–Trinajstić information content (AvgIpc) is 3.55. The van der Waals surface area contributed by atoms with Crippen molar-refractivity contribution in [2.75, 3.05) is 0 Å². The van der Waals surface area contributed by atoms with Crippen LogP contribution >= 0.6 is 38.6 Å². The Morgan fingerprint density at radius 1 is 0.537 bits per heavy atom. The molecule has 2 aromatic rings. The fourth-order valence-electron chi connectivity index (χ4n) is 5.83. The Labute approximate surface area is 280 Å². The molecule has 0 spiro atoms. The monoisotopic (exact) mass is 802 g/mol. The van der Waals surface area contributed by atoms with Gasteiger partial charge in [-0.1, -0.05) is 0 Å². The van der Waals surface area contributed by atoms with Crippen molar-refractivity contribution in [3.8, 4) is 9.75 Å². The van der Waals surface area contributed by atoms with Crippen molar-refractivity contribution >= 4 is 87.8 Å². The maximum atomic E-state index is 4.02. The van der Waals surface area contributed by atoms with Crippen molar-refractivity contribution in [1.29, 1.82) is 0 Å². The maximum absolute atomic E-state index is 4.02. The van der Waals surface area contributed by atoms with Crippen LogP contribution in [0.3, 0.4) is 0 Å². The van der Waals surface area contributed by atoms with E-state index in [1.54, 1.807) is 14.9 Å². The van der Waals surface area contributed by atoms with Crippen LogP contribution in [0, 0.1) is 0 Å². The quantitative estimate of drug-likeness (QED) is 0.0733. The molecule has 0 nitrogen and oxygen atoms in total. The summed E-state index contributed by atoms with van der Waals surface area (Å²) in [4.78, 5) is 11.4. The summed E-state index contributed by atoms with van der Waals surface area (Å²) in [5, 5.41) is 3.67. The summed E-state index contributed by atoms with van der Waals surface area (Å²) >= 11 is 6.20. The topological polar surface area (TPSA) is 0 Å². The molecule has 0 saturated carbocycles. The fraction of sp³-hybridized carbons (Fsp3) is 0.771. The van der Waals surface area contributed by atoms with Gasteiger partial charge < -0.3 is 0 Å². The van der Waals surface area contributed by atoms with Crippen LogP contribution in [0.15, 0.2) is 15.9 Å². The molecule has 0 aliphatic rings. The van der Waals surface area contributed by atoms with E-state index in [0.717, 1.165) is 0 Å². The number of unbranched alkanes of at least 4 members (excludes halogenated alkanes) is 12. The minimum atomic E-state index is -2.19. The van der Waals surface area contributed by atoms with E-state index in [-0.39, 0.29) is 0 Å². The SMILES string of the molecule is CCCCCC[Si](CCCCCC)c1cc(Br)sc1-c1s[c]([Sn]([CH3])([CH3])[CH3])cc1[Si](CCCCCC)CCCCCC. The van der Waals surface area contributed by atoms with Crippen LogP contribution in [-0.4, -0.2) is 36.0 Å². The van der Waals surface area contributed by atoms with E-state index in [4.69, 9.17) is 0 Å². The van der Waals surface area contributed by atoms with Gasteiger partial charge in [-0.2, -0.15) is 0 Å². The molecule has 0 saturated heterocycles. The Kier molecular flexibility index (Phi) is 20.3. The molecule has 0 aliphatic carbocycles. The van der Waals surface area contributed by atoms with Gasteiger partial charge in [-0.15, -0.1) is 0 Å². The predicted octanol–water partition coefficient (Wildman–Crippen LogP) is 12.5. The Morgan fingerprint density at radius 2 is 0.902 bits per heavy atom. The standard InChI is InChI=1S/C32H54BrS2Si2.3CH3.Sn/c1-5-9-13-17-23-36(24-18-14-10-6-2)28-21-22-34-31(28)32-29(27-30(33)35-32)37(25-19-15-11-7-3)26-20-16-12-8-4;;;;/h21,27H,5-20,23-26H2,1-4H3;3*1H3;. The summed E-state index contributed by atoms with van der Waals surface area (Å²) in [5.41, 5.74) is 0. The zero-order chi connectivity index (χ0) is 30.1. The normalized spacial score (nSPS) is 12.3. The summed E-state index contributed by atoms with van der Waals surface area (Å²) in [6, 6.07) is 11.4. The van der Waals surface area contributed by atoms with Crippen molar-refractivity contribution < 1.29 is 0 Å². The molecule has 0 N–H and O–H groups in total. The van der Waals surface area contributed by atoms with Crippen molar-refractivity contribution in [3.05, 3.63) is 15.9 Å². The average molecular weight is 803 g/mol. The van der Waals surface area contributed by atoms with Gasteiger partial charge in [0.25, 0.3) is 0 Å². The summed E-state index contributed by atoms with van der Waals surface area (Å²) in [7, 11) is -1.07. The zero-order valence-corrected chi connectivity index (χ0v) is 36.1. The van der Waals surface area contributed by atoms with E-state index in [1.807, 2.05) is 8.08 Å². The molecule has 2 rings (SSSR count). The number of hydrogen-bond donors (Lipinski definition) is 0. The summed E-state index contributed by atoms with van der Waals surface area (Å²) in [6.07, 6.45) is 22.5. The van der Waals surface area contributed by atoms with Crippen LogP contribution in [0.1, 0.15) is 130 Å². The van der Waals surface area contributed by atoms with Crippen molar-refractivity contribution in [3.63, 3.8) is 0 Å². The summed E-state index contributed by atoms with van der Waals surface area (Å²) < 4.78 is 3.20. The zero-order valence-electron chi connectivity index (χ0n) is 28.0. The van der Waals surface area contributed by atoms with Gasteiger partial charge in [0.05, 0.1) is 0 Å². The Morgan fingerprint density at radius 3 is 1.27 bits per heavy atom. The second-order valence-electron chi connectivity index (χ2n) is 13.3. The van der Waals surface area contributed by atoms with Crippen LogP contribution in [0.4, 0.5) is 0 Å². The Hall–Kier alpha value is 1.11. The summed E-state index contributed by atoms with van der Waals surface area (Å²) in [6.45, 7) is 9.42. The predicted molar refractivity (Wildman–Crippen MR) is 205 cm³/mol. The first kappa shape index (κ1) is 38.3. The number of thiophene rings is 2. The molecule has 234 valence electrons. The number of halogens is 1. The third-order valence-electron chi connectivity index (χ3n) is 8.47. The third kappa shape index (κ3) is 14.0. The van der Waals surface area contributed by atoms with Crippen molar-refractivity contribution in [2.24, 2.45) is 0 Å². The summed E-state index contributed by atoms with van der Waals surface area (Å²) in [5.74, 6) is 0. The van der Waals surface area contributed by atoms with Crippen LogP contribution in [0.5, 0.6) is 0 Å². The Balaban J connectivity index is 2.51. The van der Waals surface area contributed by atoms with Crippen molar-refractivity contribution in [1.82, 2.24) is 0 Å². The fourth-order valence-corrected chi connectivity index (χ4v) is 21.8. The second kappa shape index (κ2) is 21.8. The molecular formula is C35H63BrS2Si2Sn. The third-order valence-corrected chi connectivity index (χ3v) is 27.3. The number of rotatable bonds is 24. The minimum absolute atomic E-state index is 0.532. The van der Waals surface area contributed by atoms with E-state index < -0.39 is 36.0 Å². The van der Waals surface area contributed by atoms with Gasteiger partial charge >= 0.3 is 283 Å². The molecule has 0 atom stereocenters. The van der Waals surface area contributed by atoms with Gasteiger partial charge in [0.2, 0.25) is 0 Å². The van der Waals surface area contributed by atoms with Gasteiger partial charge in [0, 0.05) is 0 Å². The van der Waals surface area contributed by atoms with E-state index in [2.05, 4.69) is 93.3 Å². The molecule has 41 heavy (non-hydrogen) atoms. The first-order chi connectivity index (χ1) is 19.8. The first-order valence-electron chi connectivity index (χ1n) is 17.4. The molecule has 0 aromatic carbocycles. The van der Waals surface area contributed by atoms with Crippen LogP contribution < -0.4 is 13.3 Å². The van der Waals surface area contributed by atoms with Gasteiger partial charge in [-0.05, 0) is 0 Å². The number of hydrogen-bond acceptors (Lipinski definition) is 2. The molecular weight excluding hydrogens is 739 g/mol. The molecule has 2 heterocycles. The van der Waals surface area contributed by atoms with Crippen LogP contribution in [0.2, 0.25) is 39.0 Å². The Bertz CT molecular complexity index is 925. The van der Waals surface area contributed by atoms with E-state index in [1.165, 1.54) is 131 Å². The molecule has 0 unspecified atom stereocenters. The van der Waals surface area contributed by atoms with Crippen molar-refractivity contribution in [2.45, 2.75) is 169 Å². The van der Waals surface area contributed by atoms with Crippen LogP contribution in [-0.2, 0) is 0 Å². The molecule has 2 radical (unpaired) electrons. The molecule has 0 fully saturated rings. The molecule has 2 aromatic heterocycles. The van der Waals surface area contributed by atoms with Gasteiger partial charge in [0.15, 0.2) is 0 Å². The molecule has 0 amide bonds.